The maximum absolute atomic E-state index is 9.63. The summed E-state index contributed by atoms with van der Waals surface area (Å²) < 4.78 is 0. The number of aromatic nitrogens is 1. The van der Waals surface area contributed by atoms with Gasteiger partial charge in [0, 0.05) is 31.4 Å². The molecule has 0 bridgehead atoms. The second-order valence-corrected chi connectivity index (χ2v) is 5.08. The third-order valence-electron chi connectivity index (χ3n) is 3.76. The zero-order valence-corrected chi connectivity index (χ0v) is 11.3. The topological polar surface area (TPSA) is 48.4 Å². The van der Waals surface area contributed by atoms with Gasteiger partial charge in [0.1, 0.15) is 5.82 Å². The molecule has 0 aromatic carbocycles. The Kier molecular flexibility index (Phi) is 4.55. The number of nitrogens with one attached hydrogen (secondary N) is 1. The summed E-state index contributed by atoms with van der Waals surface area (Å²) in [5.74, 6) is 1.54. The van der Waals surface area contributed by atoms with Crippen LogP contribution in [-0.2, 0) is 6.54 Å². The zero-order chi connectivity index (χ0) is 13.0. The van der Waals surface area contributed by atoms with Gasteiger partial charge in [0.25, 0.3) is 0 Å². The number of hydrogen-bond acceptors (Lipinski definition) is 4. The normalized spacial score (nSPS) is 18.9. The molecular weight excluding hydrogens is 226 g/mol. The van der Waals surface area contributed by atoms with Crippen molar-refractivity contribution in [2.75, 3.05) is 25.0 Å². The van der Waals surface area contributed by atoms with E-state index in [0.29, 0.717) is 5.92 Å². The molecule has 0 spiro atoms. The van der Waals surface area contributed by atoms with Crippen molar-refractivity contribution < 1.29 is 5.11 Å². The molecule has 2 N–H and O–H groups in total. The van der Waals surface area contributed by atoms with E-state index in [1.54, 1.807) is 0 Å². The molecule has 0 aliphatic carbocycles. The van der Waals surface area contributed by atoms with E-state index in [1.165, 1.54) is 5.56 Å². The van der Waals surface area contributed by atoms with E-state index in [1.807, 2.05) is 26.2 Å². The van der Waals surface area contributed by atoms with E-state index in [9.17, 15) is 5.11 Å². The van der Waals surface area contributed by atoms with Crippen LogP contribution in [-0.4, -0.2) is 36.3 Å². The number of anilines is 1. The number of nitrogens with zero attached hydrogens (tertiary/aromatic N) is 2. The number of piperidine rings is 1. The maximum Gasteiger partial charge on any atom is 0.133 e. The molecule has 1 aromatic rings. The van der Waals surface area contributed by atoms with E-state index in [0.717, 1.165) is 38.3 Å². The second-order valence-electron chi connectivity index (χ2n) is 5.08. The van der Waals surface area contributed by atoms with Crippen molar-refractivity contribution in [3.8, 4) is 0 Å². The Morgan fingerprint density at radius 2 is 2.22 bits per heavy atom. The van der Waals surface area contributed by atoms with Crippen molar-refractivity contribution in [2.45, 2.75) is 32.4 Å². The van der Waals surface area contributed by atoms with E-state index in [4.69, 9.17) is 0 Å². The van der Waals surface area contributed by atoms with Crippen molar-refractivity contribution in [2.24, 2.45) is 5.92 Å². The second kappa shape index (κ2) is 6.16. The lowest BCUT2D eigenvalue weighted by Gasteiger charge is -2.34. The van der Waals surface area contributed by atoms with Crippen LogP contribution < -0.4 is 10.2 Å². The largest absolute Gasteiger partial charge is 0.393 e. The summed E-state index contributed by atoms with van der Waals surface area (Å²) in [5, 5.41) is 12.8. The van der Waals surface area contributed by atoms with Crippen molar-refractivity contribution >= 4 is 5.82 Å². The summed E-state index contributed by atoms with van der Waals surface area (Å²) >= 11 is 0. The van der Waals surface area contributed by atoms with Crippen molar-refractivity contribution in [3.63, 3.8) is 0 Å². The highest BCUT2D eigenvalue weighted by atomic mass is 16.3. The standard InChI is InChI=1S/C14H23N3O/c1-11(18)12-5-8-17(9-6-12)14-13(10-15-2)4-3-7-16-14/h3-4,7,11-12,15,18H,5-6,8-10H2,1-2H3. The Bertz CT molecular complexity index is 373. The molecule has 1 aromatic heterocycles. The number of pyridine rings is 1. The Hall–Kier alpha value is -1.13. The summed E-state index contributed by atoms with van der Waals surface area (Å²) in [5.41, 5.74) is 1.25. The molecule has 1 unspecified atom stereocenters. The van der Waals surface area contributed by atoms with Gasteiger partial charge in [-0.2, -0.15) is 0 Å². The summed E-state index contributed by atoms with van der Waals surface area (Å²) in [6.07, 6.45) is 3.77. The minimum atomic E-state index is -0.187. The summed E-state index contributed by atoms with van der Waals surface area (Å²) in [7, 11) is 1.95. The minimum absolute atomic E-state index is 0.187. The van der Waals surface area contributed by atoms with Gasteiger partial charge < -0.3 is 15.3 Å². The molecule has 4 nitrogen and oxygen atoms in total. The molecule has 1 fully saturated rings. The molecule has 18 heavy (non-hydrogen) atoms. The van der Waals surface area contributed by atoms with Crippen LogP contribution >= 0.6 is 0 Å². The molecule has 0 saturated carbocycles. The fraction of sp³-hybridized carbons (Fsp3) is 0.643. The number of hydrogen-bond donors (Lipinski definition) is 2. The molecule has 100 valence electrons. The van der Waals surface area contributed by atoms with Gasteiger partial charge in [-0.25, -0.2) is 4.98 Å². The Morgan fingerprint density at radius 1 is 1.50 bits per heavy atom. The Balaban J connectivity index is 2.05. The number of rotatable bonds is 4. The van der Waals surface area contributed by atoms with Crippen LogP contribution in [0.4, 0.5) is 5.82 Å². The highest BCUT2D eigenvalue weighted by Crippen LogP contribution is 2.26. The van der Waals surface area contributed by atoms with Gasteiger partial charge in [-0.3, -0.25) is 0 Å². The van der Waals surface area contributed by atoms with Crippen molar-refractivity contribution in [3.05, 3.63) is 23.9 Å². The summed E-state index contributed by atoms with van der Waals surface area (Å²) in [4.78, 5) is 6.85. The smallest absolute Gasteiger partial charge is 0.133 e. The quantitative estimate of drug-likeness (QED) is 0.847. The Labute approximate surface area is 109 Å². The van der Waals surface area contributed by atoms with Crippen LogP contribution in [0.5, 0.6) is 0 Å². The average Bonchev–Trinajstić information content (AvgIpc) is 2.40. The molecule has 1 atom stereocenters. The van der Waals surface area contributed by atoms with E-state index < -0.39 is 0 Å². The minimum Gasteiger partial charge on any atom is -0.393 e. The fourth-order valence-corrected chi connectivity index (χ4v) is 2.64. The maximum atomic E-state index is 9.63. The Morgan fingerprint density at radius 3 is 2.83 bits per heavy atom. The number of aliphatic hydroxyl groups is 1. The third kappa shape index (κ3) is 3.00. The first-order valence-electron chi connectivity index (χ1n) is 6.74. The van der Waals surface area contributed by atoms with E-state index in [2.05, 4.69) is 21.3 Å². The highest BCUT2D eigenvalue weighted by molar-refractivity contribution is 5.47. The molecule has 1 aliphatic heterocycles. The highest BCUT2D eigenvalue weighted by Gasteiger charge is 2.24. The van der Waals surface area contributed by atoms with Gasteiger partial charge in [-0.1, -0.05) is 6.07 Å². The van der Waals surface area contributed by atoms with Gasteiger partial charge >= 0.3 is 0 Å². The molecule has 2 heterocycles. The van der Waals surface area contributed by atoms with Crippen LogP contribution in [0.3, 0.4) is 0 Å². The lowest BCUT2D eigenvalue weighted by atomic mass is 9.92. The fourth-order valence-electron chi connectivity index (χ4n) is 2.64. The van der Waals surface area contributed by atoms with Crippen molar-refractivity contribution in [1.82, 2.24) is 10.3 Å². The third-order valence-corrected chi connectivity index (χ3v) is 3.76. The predicted molar refractivity (Wildman–Crippen MR) is 73.6 cm³/mol. The molecular formula is C14H23N3O. The van der Waals surface area contributed by atoms with Crippen LogP contribution in [0.1, 0.15) is 25.3 Å². The lowest BCUT2D eigenvalue weighted by Crippen LogP contribution is -2.38. The van der Waals surface area contributed by atoms with Crippen LogP contribution in [0.25, 0.3) is 0 Å². The molecule has 4 heteroatoms. The van der Waals surface area contributed by atoms with Gasteiger partial charge in [0.05, 0.1) is 6.10 Å². The summed E-state index contributed by atoms with van der Waals surface area (Å²) in [6, 6.07) is 4.11. The van der Waals surface area contributed by atoms with Gasteiger partial charge in [0.2, 0.25) is 0 Å². The molecule has 2 rings (SSSR count). The SMILES string of the molecule is CNCc1cccnc1N1CCC(C(C)O)CC1. The van der Waals surface area contributed by atoms with Gasteiger partial charge in [-0.05, 0) is 38.8 Å². The van der Waals surface area contributed by atoms with E-state index in [-0.39, 0.29) is 6.10 Å². The predicted octanol–water partition coefficient (Wildman–Crippen LogP) is 1.40. The van der Waals surface area contributed by atoms with Crippen LogP contribution in [0.2, 0.25) is 0 Å². The van der Waals surface area contributed by atoms with Crippen LogP contribution in [0.15, 0.2) is 18.3 Å². The molecule has 1 aliphatic rings. The van der Waals surface area contributed by atoms with Gasteiger partial charge in [0.15, 0.2) is 0 Å². The first-order chi connectivity index (χ1) is 8.72. The average molecular weight is 249 g/mol. The van der Waals surface area contributed by atoms with Crippen LogP contribution in [0, 0.1) is 5.92 Å². The zero-order valence-electron chi connectivity index (χ0n) is 11.3. The monoisotopic (exact) mass is 249 g/mol. The summed E-state index contributed by atoms with van der Waals surface area (Å²) in [6.45, 7) is 4.72. The van der Waals surface area contributed by atoms with Gasteiger partial charge in [-0.15, -0.1) is 0 Å². The molecule has 0 radical (unpaired) electrons. The molecule has 1 saturated heterocycles. The molecule has 0 amide bonds. The van der Waals surface area contributed by atoms with Crippen molar-refractivity contribution in [1.29, 1.82) is 0 Å². The first-order valence-corrected chi connectivity index (χ1v) is 6.74. The number of aliphatic hydroxyl groups excluding tert-OH is 1. The van der Waals surface area contributed by atoms with E-state index >= 15 is 0 Å². The lowest BCUT2D eigenvalue weighted by molar-refractivity contribution is 0.109. The first kappa shape index (κ1) is 13.3.